The van der Waals surface area contributed by atoms with E-state index in [4.69, 9.17) is 9.47 Å². The molecule has 10 heteroatoms. The van der Waals surface area contributed by atoms with Crippen molar-refractivity contribution < 1.29 is 34.4 Å². The summed E-state index contributed by atoms with van der Waals surface area (Å²) in [6, 6.07) is 6.80. The van der Waals surface area contributed by atoms with Crippen molar-refractivity contribution in [2.45, 2.75) is 77.0 Å². The predicted molar refractivity (Wildman–Crippen MR) is 154 cm³/mol. The van der Waals surface area contributed by atoms with E-state index >= 15 is 0 Å². The number of amides is 2. The van der Waals surface area contributed by atoms with Gasteiger partial charge in [0.05, 0.1) is 6.61 Å². The highest BCUT2D eigenvalue weighted by molar-refractivity contribution is 7.99. The average Bonchev–Trinajstić information content (AvgIpc) is 3.08. The van der Waals surface area contributed by atoms with Gasteiger partial charge in [0, 0.05) is 31.7 Å². The normalized spacial score (nSPS) is 19.6. The van der Waals surface area contributed by atoms with Crippen molar-refractivity contribution in [2.24, 2.45) is 0 Å². The van der Waals surface area contributed by atoms with Crippen LogP contribution >= 0.6 is 11.8 Å². The zero-order chi connectivity index (χ0) is 28.9. The van der Waals surface area contributed by atoms with Crippen molar-refractivity contribution in [2.75, 3.05) is 31.8 Å². The topological polar surface area (TPSA) is 129 Å². The summed E-state index contributed by atoms with van der Waals surface area (Å²) in [5, 5.41) is 34.3. The van der Waals surface area contributed by atoms with E-state index in [1.165, 1.54) is 13.2 Å². The third kappa shape index (κ3) is 9.95. The lowest BCUT2D eigenvalue weighted by Gasteiger charge is -2.29. The highest BCUT2D eigenvalue weighted by Crippen LogP contribution is 2.19. The van der Waals surface area contributed by atoms with Crippen LogP contribution in [0, 0.1) is 0 Å². The van der Waals surface area contributed by atoms with Crippen LogP contribution in [0.4, 0.5) is 0 Å². The number of unbranched alkanes of at least 4 members (excludes halogenated alkanes) is 1. The summed E-state index contributed by atoms with van der Waals surface area (Å²) >= 11 is 1.54. The molecule has 1 aromatic rings. The first-order valence-corrected chi connectivity index (χ1v) is 14.6. The molecule has 0 aromatic heterocycles. The molecule has 5 atom stereocenters. The fraction of sp³-hybridized carbons (Fsp3) is 0.586. The third-order valence-electron chi connectivity index (χ3n) is 6.60. The zero-order valence-corrected chi connectivity index (χ0v) is 24.3. The maximum absolute atomic E-state index is 13.3. The molecule has 1 aliphatic heterocycles. The monoisotopic (exact) mass is 564 g/mol. The Morgan fingerprint density at radius 1 is 1.23 bits per heavy atom. The van der Waals surface area contributed by atoms with E-state index in [1.807, 2.05) is 31.2 Å². The molecular formula is C29H44N2O7S. The van der Waals surface area contributed by atoms with Crippen LogP contribution in [0.2, 0.25) is 0 Å². The first-order chi connectivity index (χ1) is 18.6. The van der Waals surface area contributed by atoms with Gasteiger partial charge in [-0.15, -0.1) is 0 Å². The van der Waals surface area contributed by atoms with E-state index in [2.05, 4.69) is 18.8 Å². The number of hydrogen-bond acceptors (Lipinski definition) is 8. The number of rotatable bonds is 15. The van der Waals surface area contributed by atoms with Crippen LogP contribution in [0.1, 0.15) is 45.6 Å². The maximum atomic E-state index is 13.3. The Hall–Kier alpha value is -2.37. The number of hydrogen-bond donors (Lipinski definition) is 4. The summed E-state index contributed by atoms with van der Waals surface area (Å²) in [5.41, 5.74) is 2.40. The van der Waals surface area contributed by atoms with Crippen LogP contribution in [-0.2, 0) is 20.9 Å². The largest absolute Gasteiger partial charge is 0.494 e. The van der Waals surface area contributed by atoms with Crippen molar-refractivity contribution in [1.82, 2.24) is 10.2 Å². The molecule has 1 aromatic carbocycles. The van der Waals surface area contributed by atoms with E-state index in [1.54, 1.807) is 23.6 Å². The standard InChI is InChI=1S/C29H44N2O7S/c1-6-8-14-38-22-11-9-20(10-12-22)17-31-13-15-39-18-23(29(31)36)30-28(35)27(37-5)26(34)25(33)24(32)16-21(7-2)19(3)4/h9-12,16,23-27,32-34H,3,6-8,13-15,17-18H2,1-2,4-5H3,(H,30,35)/b21-16+/t23?,24-,25+,26-,27?/m1/s1. The van der Waals surface area contributed by atoms with Gasteiger partial charge in [0.1, 0.15) is 30.1 Å². The molecule has 1 heterocycles. The Kier molecular flexibility index (Phi) is 14.0. The van der Waals surface area contributed by atoms with Gasteiger partial charge in [0.2, 0.25) is 5.91 Å². The minimum absolute atomic E-state index is 0.237. The van der Waals surface area contributed by atoms with Crippen molar-refractivity contribution in [3.8, 4) is 5.75 Å². The molecular weight excluding hydrogens is 520 g/mol. The molecule has 2 unspecified atom stereocenters. The molecule has 2 amide bonds. The Balaban J connectivity index is 2.04. The molecule has 1 aliphatic rings. The predicted octanol–water partition coefficient (Wildman–Crippen LogP) is 2.44. The van der Waals surface area contributed by atoms with Crippen molar-refractivity contribution in [3.63, 3.8) is 0 Å². The number of thioether (sulfide) groups is 1. The van der Waals surface area contributed by atoms with Crippen LogP contribution in [-0.4, -0.2) is 94.3 Å². The second-order valence-electron chi connectivity index (χ2n) is 9.70. The van der Waals surface area contributed by atoms with E-state index in [9.17, 15) is 24.9 Å². The number of carbonyl (C=O) groups is 2. The van der Waals surface area contributed by atoms with Crippen LogP contribution < -0.4 is 10.1 Å². The molecule has 218 valence electrons. The number of carbonyl (C=O) groups excluding carboxylic acids is 2. The highest BCUT2D eigenvalue weighted by atomic mass is 32.2. The Labute approximate surface area is 236 Å². The third-order valence-corrected chi connectivity index (χ3v) is 7.64. The fourth-order valence-corrected chi connectivity index (χ4v) is 5.16. The lowest BCUT2D eigenvalue weighted by atomic mass is 9.97. The SMILES string of the molecule is C=C(C)/C(=C/[C@@H](O)[C@H](O)[C@@H](O)C(OC)C(=O)NC1CSCCN(Cc2ccc(OCCCC)cc2)C1=O)CC. The van der Waals surface area contributed by atoms with Crippen molar-refractivity contribution in [1.29, 1.82) is 0 Å². The molecule has 4 N–H and O–H groups in total. The lowest BCUT2D eigenvalue weighted by molar-refractivity contribution is -0.151. The minimum Gasteiger partial charge on any atom is -0.494 e. The number of allylic oxidation sites excluding steroid dienone is 2. The van der Waals surface area contributed by atoms with Gasteiger partial charge in [-0.3, -0.25) is 9.59 Å². The van der Waals surface area contributed by atoms with Crippen LogP contribution in [0.15, 0.2) is 48.1 Å². The summed E-state index contributed by atoms with van der Waals surface area (Å²) < 4.78 is 10.9. The second kappa shape index (κ2) is 16.7. The zero-order valence-electron chi connectivity index (χ0n) is 23.5. The van der Waals surface area contributed by atoms with E-state index < -0.39 is 36.4 Å². The second-order valence-corrected chi connectivity index (χ2v) is 10.8. The molecule has 0 bridgehead atoms. The van der Waals surface area contributed by atoms with Crippen LogP contribution in [0.25, 0.3) is 0 Å². The van der Waals surface area contributed by atoms with Gasteiger partial charge in [-0.25, -0.2) is 0 Å². The van der Waals surface area contributed by atoms with Crippen molar-refractivity contribution in [3.05, 3.63) is 53.6 Å². The molecule has 39 heavy (non-hydrogen) atoms. The van der Waals surface area contributed by atoms with Crippen LogP contribution in [0.3, 0.4) is 0 Å². The summed E-state index contributed by atoms with van der Waals surface area (Å²) in [5.74, 6) is 0.882. The first kappa shape index (κ1) is 32.8. The number of aliphatic hydroxyl groups excluding tert-OH is 3. The Bertz CT molecular complexity index is 969. The molecule has 0 saturated carbocycles. The molecule has 0 radical (unpaired) electrons. The number of aliphatic hydroxyl groups is 3. The Morgan fingerprint density at radius 2 is 1.92 bits per heavy atom. The van der Waals surface area contributed by atoms with Crippen molar-refractivity contribution >= 4 is 23.6 Å². The van der Waals surface area contributed by atoms with Gasteiger partial charge >= 0.3 is 0 Å². The average molecular weight is 565 g/mol. The number of nitrogens with one attached hydrogen (secondary N) is 1. The smallest absolute Gasteiger partial charge is 0.252 e. The molecule has 2 rings (SSSR count). The molecule has 0 aliphatic carbocycles. The number of nitrogens with zero attached hydrogens (tertiary/aromatic N) is 1. The molecule has 0 spiro atoms. The quantitative estimate of drug-likeness (QED) is 0.189. The molecule has 1 saturated heterocycles. The van der Waals surface area contributed by atoms with Gasteiger partial charge in [0.25, 0.3) is 5.91 Å². The van der Waals surface area contributed by atoms with Gasteiger partial charge in [-0.05, 0) is 43.0 Å². The minimum atomic E-state index is -1.73. The molecule has 9 nitrogen and oxygen atoms in total. The highest BCUT2D eigenvalue weighted by Gasteiger charge is 2.38. The maximum Gasteiger partial charge on any atom is 0.252 e. The van der Waals surface area contributed by atoms with Gasteiger partial charge in [0.15, 0.2) is 6.10 Å². The number of methoxy groups -OCH3 is 1. The lowest BCUT2D eigenvalue weighted by Crippen LogP contribution is -2.56. The van der Waals surface area contributed by atoms with Crippen LogP contribution in [0.5, 0.6) is 5.75 Å². The van der Waals surface area contributed by atoms with Gasteiger partial charge < -0.3 is 35.0 Å². The first-order valence-electron chi connectivity index (χ1n) is 13.4. The van der Waals surface area contributed by atoms with Gasteiger partial charge in [-0.1, -0.05) is 50.6 Å². The summed E-state index contributed by atoms with van der Waals surface area (Å²) in [7, 11) is 1.22. The summed E-state index contributed by atoms with van der Waals surface area (Å²) in [6.45, 7) is 11.2. The van der Waals surface area contributed by atoms with E-state index in [0.29, 0.717) is 37.6 Å². The van der Waals surface area contributed by atoms with E-state index in [-0.39, 0.29) is 5.91 Å². The summed E-state index contributed by atoms with van der Waals surface area (Å²) in [4.78, 5) is 28.1. The van der Waals surface area contributed by atoms with E-state index in [0.717, 1.165) is 35.3 Å². The number of ether oxygens (including phenoxy) is 2. The number of benzene rings is 1. The van der Waals surface area contributed by atoms with Gasteiger partial charge in [-0.2, -0.15) is 11.8 Å². The Morgan fingerprint density at radius 3 is 2.51 bits per heavy atom. The summed E-state index contributed by atoms with van der Waals surface area (Å²) in [6.07, 6.45) is -2.31. The fourth-order valence-electron chi connectivity index (χ4n) is 4.19. The molecule has 1 fully saturated rings.